The van der Waals surface area contributed by atoms with Gasteiger partial charge in [-0.1, -0.05) is 24.3 Å². The molecule has 0 aliphatic carbocycles. The summed E-state index contributed by atoms with van der Waals surface area (Å²) < 4.78 is 1.78. The van der Waals surface area contributed by atoms with Gasteiger partial charge in [-0.2, -0.15) is 0 Å². The number of anilines is 1. The third kappa shape index (κ3) is 4.12. The number of hydroxylamine groups is 1. The van der Waals surface area contributed by atoms with Crippen LogP contribution in [0.25, 0.3) is 17.2 Å². The number of carbonyl (C=O) groups excluding carboxylic acids is 1. The van der Waals surface area contributed by atoms with Crippen molar-refractivity contribution in [3.05, 3.63) is 90.4 Å². The van der Waals surface area contributed by atoms with Crippen molar-refractivity contribution in [3.8, 4) is 17.2 Å². The zero-order chi connectivity index (χ0) is 20.1. The number of benzene rings is 2. The van der Waals surface area contributed by atoms with E-state index in [-0.39, 0.29) is 0 Å². The normalized spacial score (nSPS) is 10.5. The predicted octanol–water partition coefficient (Wildman–Crippen LogP) is 3.06. The van der Waals surface area contributed by atoms with Gasteiger partial charge < -0.3 is 5.32 Å². The topological polar surface area (TPSA) is 105 Å². The van der Waals surface area contributed by atoms with E-state index in [1.54, 1.807) is 40.6 Å². The summed E-state index contributed by atoms with van der Waals surface area (Å²) in [7, 11) is 0. The molecule has 0 aliphatic heterocycles. The van der Waals surface area contributed by atoms with E-state index >= 15 is 0 Å². The lowest BCUT2D eigenvalue weighted by molar-refractivity contribution is 0.0706. The lowest BCUT2D eigenvalue weighted by Gasteiger charge is -2.08. The van der Waals surface area contributed by atoms with Crippen LogP contribution in [0.1, 0.15) is 16.2 Å². The molecule has 0 atom stereocenters. The van der Waals surface area contributed by atoms with Crippen molar-refractivity contribution < 1.29 is 10.0 Å². The van der Waals surface area contributed by atoms with Crippen LogP contribution in [0.5, 0.6) is 0 Å². The first-order valence-corrected chi connectivity index (χ1v) is 8.96. The van der Waals surface area contributed by atoms with Crippen molar-refractivity contribution in [2.24, 2.45) is 0 Å². The van der Waals surface area contributed by atoms with Gasteiger partial charge in [-0.15, -0.1) is 5.10 Å². The van der Waals surface area contributed by atoms with Crippen molar-refractivity contribution in [1.29, 1.82) is 0 Å². The number of nitrogens with zero attached hydrogens (tertiary/aromatic N) is 4. The van der Waals surface area contributed by atoms with Crippen LogP contribution in [0.3, 0.4) is 0 Å². The summed E-state index contributed by atoms with van der Waals surface area (Å²) in [6, 6.07) is 22.1. The van der Waals surface area contributed by atoms with Gasteiger partial charge in [0.05, 0.1) is 12.2 Å². The van der Waals surface area contributed by atoms with Crippen LogP contribution in [0, 0.1) is 0 Å². The lowest BCUT2D eigenvalue weighted by Crippen LogP contribution is -2.18. The highest BCUT2D eigenvalue weighted by Crippen LogP contribution is 2.18. The van der Waals surface area contributed by atoms with Gasteiger partial charge >= 0.3 is 0 Å². The van der Waals surface area contributed by atoms with E-state index in [1.165, 1.54) is 0 Å². The number of pyridine rings is 1. The van der Waals surface area contributed by atoms with E-state index in [0.29, 0.717) is 29.5 Å². The van der Waals surface area contributed by atoms with E-state index in [1.807, 2.05) is 48.5 Å². The minimum atomic E-state index is -0.555. The molecule has 2 heterocycles. The highest BCUT2D eigenvalue weighted by Gasteiger charge is 2.14. The van der Waals surface area contributed by atoms with Crippen LogP contribution >= 0.6 is 0 Å². The first-order chi connectivity index (χ1) is 14.2. The fourth-order valence-electron chi connectivity index (χ4n) is 2.82. The van der Waals surface area contributed by atoms with Gasteiger partial charge in [-0.3, -0.25) is 15.0 Å². The van der Waals surface area contributed by atoms with Gasteiger partial charge in [0.25, 0.3) is 5.91 Å². The van der Waals surface area contributed by atoms with Crippen molar-refractivity contribution in [2.75, 3.05) is 5.32 Å². The van der Waals surface area contributed by atoms with Crippen LogP contribution in [0.15, 0.2) is 79.0 Å². The number of nitrogens with one attached hydrogen (secondary N) is 2. The van der Waals surface area contributed by atoms with Crippen LogP contribution < -0.4 is 10.8 Å². The Kier molecular flexibility index (Phi) is 5.26. The van der Waals surface area contributed by atoms with Crippen LogP contribution in [0.2, 0.25) is 0 Å². The molecule has 144 valence electrons. The summed E-state index contributed by atoms with van der Waals surface area (Å²) in [5.41, 5.74) is 4.38. The first kappa shape index (κ1) is 18.3. The lowest BCUT2D eigenvalue weighted by atomic mass is 10.2. The summed E-state index contributed by atoms with van der Waals surface area (Å²) in [5, 5.41) is 16.6. The number of amides is 1. The Morgan fingerprint density at radius 1 is 0.966 bits per heavy atom. The number of rotatable bonds is 6. The molecular weight excluding hydrogens is 368 g/mol. The van der Waals surface area contributed by atoms with E-state index in [0.717, 1.165) is 11.4 Å². The second-order valence-corrected chi connectivity index (χ2v) is 6.19. The van der Waals surface area contributed by atoms with Gasteiger partial charge in [0.15, 0.2) is 5.82 Å². The molecule has 0 spiro atoms. The Hall–Kier alpha value is -4.04. The molecule has 0 radical (unpaired) electrons. The molecular formula is C21H18N6O2. The van der Waals surface area contributed by atoms with Crippen molar-refractivity contribution in [3.63, 3.8) is 0 Å². The quantitative estimate of drug-likeness (QED) is 0.347. The Morgan fingerprint density at radius 3 is 2.41 bits per heavy atom. The molecule has 8 nitrogen and oxygen atoms in total. The standard InChI is InChI=1S/C21H18N6O2/c28-21(26-29)15-9-11-16(12-10-15)23-14-19-24-20(18-8-4-5-13-22-18)25-27(19)17-6-2-1-3-7-17/h1-13,23,29H,14H2,(H,26,28). The minimum Gasteiger partial charge on any atom is -0.378 e. The molecule has 29 heavy (non-hydrogen) atoms. The van der Waals surface area contributed by atoms with Gasteiger partial charge in [-0.05, 0) is 48.5 Å². The molecule has 0 fully saturated rings. The maximum absolute atomic E-state index is 11.4. The Labute approximate surface area is 166 Å². The number of hydrogen-bond acceptors (Lipinski definition) is 6. The van der Waals surface area contributed by atoms with Gasteiger partial charge in [0, 0.05) is 17.4 Å². The highest BCUT2D eigenvalue weighted by molar-refractivity contribution is 5.93. The second kappa shape index (κ2) is 8.32. The number of carbonyl (C=O) groups is 1. The third-order valence-electron chi connectivity index (χ3n) is 4.27. The van der Waals surface area contributed by atoms with Gasteiger partial charge in [0.2, 0.25) is 5.82 Å². The average Bonchev–Trinajstić information content (AvgIpc) is 3.23. The predicted molar refractivity (Wildman–Crippen MR) is 108 cm³/mol. The number of para-hydroxylation sites is 1. The summed E-state index contributed by atoms with van der Waals surface area (Å²) >= 11 is 0. The fourth-order valence-corrected chi connectivity index (χ4v) is 2.82. The SMILES string of the molecule is O=C(NO)c1ccc(NCc2nc(-c3ccccn3)nn2-c2ccccc2)cc1. The number of aromatic nitrogens is 4. The fraction of sp³-hybridized carbons (Fsp3) is 0.0476. The smallest absolute Gasteiger partial charge is 0.274 e. The van der Waals surface area contributed by atoms with Crippen molar-refractivity contribution in [2.45, 2.75) is 6.54 Å². The number of hydrogen-bond donors (Lipinski definition) is 3. The maximum atomic E-state index is 11.4. The summed E-state index contributed by atoms with van der Waals surface area (Å²) in [4.78, 5) is 20.4. The summed E-state index contributed by atoms with van der Waals surface area (Å²) in [6.45, 7) is 0.417. The molecule has 3 N–H and O–H groups in total. The van der Waals surface area contributed by atoms with Crippen LogP contribution in [-0.4, -0.2) is 30.9 Å². The molecule has 8 heteroatoms. The summed E-state index contributed by atoms with van der Waals surface area (Å²) in [6.07, 6.45) is 1.71. The van der Waals surface area contributed by atoms with Crippen LogP contribution in [0.4, 0.5) is 5.69 Å². The van der Waals surface area contributed by atoms with E-state index < -0.39 is 5.91 Å². The van der Waals surface area contributed by atoms with E-state index in [4.69, 9.17) is 5.21 Å². The molecule has 0 saturated carbocycles. The van der Waals surface area contributed by atoms with Crippen molar-refractivity contribution in [1.82, 2.24) is 25.2 Å². The second-order valence-electron chi connectivity index (χ2n) is 6.19. The molecule has 4 rings (SSSR count). The van der Waals surface area contributed by atoms with E-state index in [9.17, 15) is 4.79 Å². The summed E-state index contributed by atoms with van der Waals surface area (Å²) in [5.74, 6) is 0.704. The molecule has 0 saturated heterocycles. The molecule has 4 aromatic rings. The van der Waals surface area contributed by atoms with Crippen molar-refractivity contribution >= 4 is 11.6 Å². The Bertz CT molecular complexity index is 1100. The largest absolute Gasteiger partial charge is 0.378 e. The average molecular weight is 386 g/mol. The van der Waals surface area contributed by atoms with Gasteiger partial charge in [0.1, 0.15) is 5.69 Å². The van der Waals surface area contributed by atoms with E-state index in [2.05, 4.69) is 20.4 Å². The van der Waals surface area contributed by atoms with Crippen LogP contribution in [-0.2, 0) is 6.54 Å². The maximum Gasteiger partial charge on any atom is 0.274 e. The first-order valence-electron chi connectivity index (χ1n) is 8.96. The minimum absolute atomic E-state index is 0.364. The molecule has 0 unspecified atom stereocenters. The molecule has 2 aromatic carbocycles. The third-order valence-corrected chi connectivity index (χ3v) is 4.27. The monoisotopic (exact) mass is 386 g/mol. The molecule has 0 bridgehead atoms. The molecule has 1 amide bonds. The Morgan fingerprint density at radius 2 is 1.72 bits per heavy atom. The molecule has 0 aliphatic rings. The highest BCUT2D eigenvalue weighted by atomic mass is 16.5. The van der Waals surface area contributed by atoms with Gasteiger partial charge in [-0.25, -0.2) is 15.1 Å². The molecule has 2 aromatic heterocycles. The zero-order valence-corrected chi connectivity index (χ0v) is 15.4. The zero-order valence-electron chi connectivity index (χ0n) is 15.4. The Balaban J connectivity index is 1.60.